The predicted octanol–water partition coefficient (Wildman–Crippen LogP) is 3.58. The number of nitrogens with zero attached hydrogens (tertiary/aromatic N) is 2. The fraction of sp³-hybridized carbons (Fsp3) is 0.263. The fourth-order valence-corrected chi connectivity index (χ4v) is 3.32. The van der Waals surface area contributed by atoms with E-state index in [1.54, 1.807) is 18.2 Å². The van der Waals surface area contributed by atoms with Crippen molar-refractivity contribution in [3.05, 3.63) is 47.5 Å². The van der Waals surface area contributed by atoms with Gasteiger partial charge < -0.3 is 14.4 Å². The Morgan fingerprint density at radius 3 is 3.00 bits per heavy atom. The Morgan fingerprint density at radius 1 is 1.31 bits per heavy atom. The Labute approximate surface area is 150 Å². The molecule has 3 N–H and O–H groups in total. The lowest BCUT2D eigenvalue weighted by Crippen LogP contribution is -1.98. The molecule has 1 aromatic heterocycles. The molecule has 0 fully saturated rings. The molecule has 7 heteroatoms. The van der Waals surface area contributed by atoms with Crippen LogP contribution in [0.5, 0.6) is 5.75 Å². The van der Waals surface area contributed by atoms with Gasteiger partial charge in [-0.3, -0.25) is 10.7 Å². The number of fused-ring (bicyclic) bond motifs is 1. The van der Waals surface area contributed by atoms with Gasteiger partial charge in [-0.1, -0.05) is 23.4 Å². The van der Waals surface area contributed by atoms with Crippen LogP contribution in [0.1, 0.15) is 30.6 Å². The van der Waals surface area contributed by atoms with Crippen LogP contribution in [0.4, 0.5) is 5.69 Å². The summed E-state index contributed by atoms with van der Waals surface area (Å²) in [6.45, 7) is 2.36. The van der Waals surface area contributed by atoms with Gasteiger partial charge in [0.05, 0.1) is 12.7 Å². The van der Waals surface area contributed by atoms with Crippen molar-refractivity contribution >= 4 is 5.69 Å². The van der Waals surface area contributed by atoms with E-state index in [0.29, 0.717) is 41.7 Å². The number of hydrogen-bond donors (Lipinski definition) is 3. The Bertz CT molecular complexity index is 938. The van der Waals surface area contributed by atoms with Crippen LogP contribution in [0, 0.1) is 0 Å². The van der Waals surface area contributed by atoms with Gasteiger partial charge in [-0.2, -0.15) is 4.98 Å². The quantitative estimate of drug-likeness (QED) is 0.603. The van der Waals surface area contributed by atoms with Crippen molar-refractivity contribution in [3.63, 3.8) is 0 Å². The number of benzene rings is 2. The van der Waals surface area contributed by atoms with Gasteiger partial charge in [0.1, 0.15) is 11.4 Å². The molecule has 0 amide bonds. The third-order valence-electron chi connectivity index (χ3n) is 4.55. The minimum absolute atomic E-state index is 0.343. The summed E-state index contributed by atoms with van der Waals surface area (Å²) in [6.07, 6.45) is 1.07. The van der Waals surface area contributed by atoms with Crippen LogP contribution in [-0.2, 0) is 6.42 Å². The third kappa shape index (κ3) is 2.81. The van der Waals surface area contributed by atoms with E-state index in [4.69, 9.17) is 9.26 Å². The van der Waals surface area contributed by atoms with Crippen LogP contribution in [0.15, 0.2) is 40.9 Å². The van der Waals surface area contributed by atoms with Crippen LogP contribution in [0.25, 0.3) is 22.8 Å². The molecule has 134 valence electrons. The van der Waals surface area contributed by atoms with Gasteiger partial charge in [0.15, 0.2) is 0 Å². The van der Waals surface area contributed by atoms with E-state index in [0.717, 1.165) is 23.1 Å². The number of aromatic nitrogens is 2. The standard InChI is InChI=1S/C19H19N3O4/c1-2-25-17-9-6-11(10-15(17)21-24)19-20-18(22-26-19)14-5-3-4-13-12(14)7-8-16(13)23/h3-6,9-10,16,21,23-24H,2,7-8H2,1H3. The summed E-state index contributed by atoms with van der Waals surface area (Å²) in [5.74, 6) is 1.36. The summed E-state index contributed by atoms with van der Waals surface area (Å²) >= 11 is 0. The minimum Gasteiger partial charge on any atom is -0.492 e. The van der Waals surface area contributed by atoms with E-state index in [-0.39, 0.29) is 0 Å². The largest absolute Gasteiger partial charge is 0.492 e. The maximum absolute atomic E-state index is 10.1. The number of aliphatic hydroxyl groups is 1. The zero-order valence-corrected chi connectivity index (χ0v) is 14.3. The summed E-state index contributed by atoms with van der Waals surface area (Å²) in [5.41, 5.74) is 6.09. The molecule has 2 aromatic carbocycles. The molecule has 1 atom stereocenters. The van der Waals surface area contributed by atoms with Crippen molar-refractivity contribution in [1.82, 2.24) is 10.1 Å². The van der Waals surface area contributed by atoms with Gasteiger partial charge in [-0.25, -0.2) is 0 Å². The molecular formula is C19H19N3O4. The number of rotatable bonds is 5. The number of nitrogens with one attached hydrogen (secondary N) is 1. The first-order valence-corrected chi connectivity index (χ1v) is 8.52. The van der Waals surface area contributed by atoms with Crippen LogP contribution >= 0.6 is 0 Å². The Hall–Kier alpha value is -2.90. The van der Waals surface area contributed by atoms with Gasteiger partial charge in [0.2, 0.25) is 5.82 Å². The average Bonchev–Trinajstić information content (AvgIpc) is 3.30. The van der Waals surface area contributed by atoms with Crippen molar-refractivity contribution in [2.45, 2.75) is 25.9 Å². The van der Waals surface area contributed by atoms with Crippen molar-refractivity contribution < 1.29 is 19.6 Å². The zero-order chi connectivity index (χ0) is 18.1. The Kier molecular flexibility index (Phi) is 4.32. The average molecular weight is 353 g/mol. The molecule has 0 aliphatic heterocycles. The van der Waals surface area contributed by atoms with Crippen LogP contribution < -0.4 is 10.2 Å². The SMILES string of the molecule is CCOc1ccc(-c2nc(-c3cccc4c3CCC4O)no2)cc1NO. The summed E-state index contributed by atoms with van der Waals surface area (Å²) in [7, 11) is 0. The maximum atomic E-state index is 10.1. The first-order valence-electron chi connectivity index (χ1n) is 8.52. The van der Waals surface area contributed by atoms with Gasteiger partial charge in [0.25, 0.3) is 5.89 Å². The molecule has 1 aliphatic carbocycles. The molecule has 1 unspecified atom stereocenters. The molecule has 1 heterocycles. The number of aliphatic hydroxyl groups excluding tert-OH is 1. The molecule has 0 radical (unpaired) electrons. The molecule has 0 bridgehead atoms. The van der Waals surface area contributed by atoms with E-state index in [2.05, 4.69) is 15.6 Å². The van der Waals surface area contributed by atoms with Crippen molar-refractivity contribution in [1.29, 1.82) is 0 Å². The van der Waals surface area contributed by atoms with Crippen LogP contribution in [0.3, 0.4) is 0 Å². The lowest BCUT2D eigenvalue weighted by Gasteiger charge is -2.09. The lowest BCUT2D eigenvalue weighted by atomic mass is 10.0. The Balaban J connectivity index is 1.70. The minimum atomic E-state index is -0.430. The fourth-order valence-electron chi connectivity index (χ4n) is 3.32. The second-order valence-corrected chi connectivity index (χ2v) is 6.11. The molecule has 0 saturated heterocycles. The second kappa shape index (κ2) is 6.78. The monoisotopic (exact) mass is 353 g/mol. The molecule has 26 heavy (non-hydrogen) atoms. The first-order chi connectivity index (χ1) is 12.7. The van der Waals surface area contributed by atoms with Crippen LogP contribution in [-0.4, -0.2) is 27.1 Å². The van der Waals surface area contributed by atoms with E-state index < -0.39 is 6.10 Å². The molecule has 3 aromatic rings. The van der Waals surface area contributed by atoms with Crippen molar-refractivity contribution in [2.75, 3.05) is 12.1 Å². The second-order valence-electron chi connectivity index (χ2n) is 6.11. The first kappa shape index (κ1) is 16.6. The summed E-state index contributed by atoms with van der Waals surface area (Å²) in [6, 6.07) is 11.0. The van der Waals surface area contributed by atoms with Gasteiger partial charge >= 0.3 is 0 Å². The molecule has 7 nitrogen and oxygen atoms in total. The van der Waals surface area contributed by atoms with E-state index in [1.165, 1.54) is 0 Å². The number of hydrogen-bond acceptors (Lipinski definition) is 7. The summed E-state index contributed by atoms with van der Waals surface area (Å²) in [4.78, 5) is 4.49. The Morgan fingerprint density at radius 2 is 2.19 bits per heavy atom. The van der Waals surface area contributed by atoms with Crippen molar-refractivity contribution in [3.8, 4) is 28.6 Å². The topological polar surface area (TPSA) is 101 Å². The maximum Gasteiger partial charge on any atom is 0.258 e. The summed E-state index contributed by atoms with van der Waals surface area (Å²) in [5, 5.41) is 23.5. The van der Waals surface area contributed by atoms with Gasteiger partial charge in [0, 0.05) is 11.1 Å². The van der Waals surface area contributed by atoms with Gasteiger partial charge in [-0.05, 0) is 49.1 Å². The highest BCUT2D eigenvalue weighted by Gasteiger charge is 2.25. The summed E-state index contributed by atoms with van der Waals surface area (Å²) < 4.78 is 10.9. The third-order valence-corrected chi connectivity index (χ3v) is 4.55. The zero-order valence-electron chi connectivity index (χ0n) is 14.3. The molecule has 0 spiro atoms. The highest BCUT2D eigenvalue weighted by molar-refractivity contribution is 5.69. The predicted molar refractivity (Wildman–Crippen MR) is 95.0 cm³/mol. The highest BCUT2D eigenvalue weighted by Crippen LogP contribution is 2.37. The van der Waals surface area contributed by atoms with Crippen LogP contribution in [0.2, 0.25) is 0 Å². The molecule has 0 saturated carbocycles. The molecule has 1 aliphatic rings. The molecule has 4 rings (SSSR count). The smallest absolute Gasteiger partial charge is 0.258 e. The van der Waals surface area contributed by atoms with E-state index >= 15 is 0 Å². The normalized spacial score (nSPS) is 15.7. The lowest BCUT2D eigenvalue weighted by molar-refractivity contribution is 0.180. The number of ether oxygens (including phenoxy) is 1. The van der Waals surface area contributed by atoms with Gasteiger partial charge in [-0.15, -0.1) is 0 Å². The van der Waals surface area contributed by atoms with E-state index in [1.807, 2.05) is 25.1 Å². The van der Waals surface area contributed by atoms with E-state index in [9.17, 15) is 10.3 Å². The molecular weight excluding hydrogens is 334 g/mol. The van der Waals surface area contributed by atoms with Crippen molar-refractivity contribution in [2.24, 2.45) is 0 Å². The number of anilines is 1. The highest BCUT2D eigenvalue weighted by atomic mass is 16.5.